The first-order valence-corrected chi connectivity index (χ1v) is 4.18. The lowest BCUT2D eigenvalue weighted by Crippen LogP contribution is -2.05. The summed E-state index contributed by atoms with van der Waals surface area (Å²) in [5.41, 5.74) is 7.27. The maximum atomic E-state index is 5.52. The summed E-state index contributed by atoms with van der Waals surface area (Å²) in [4.78, 5) is 4.26. The zero-order valence-electron chi connectivity index (χ0n) is 7.79. The van der Waals surface area contributed by atoms with Crippen LogP contribution in [0, 0.1) is 6.92 Å². The van der Waals surface area contributed by atoms with Crippen molar-refractivity contribution in [3.63, 3.8) is 0 Å². The van der Waals surface area contributed by atoms with Gasteiger partial charge in [0.05, 0.1) is 5.69 Å². The van der Waals surface area contributed by atoms with Gasteiger partial charge in [-0.25, -0.2) is 0 Å². The Labute approximate surface area is 78.2 Å². The minimum absolute atomic E-state index is 0.397. The smallest absolute Gasteiger partial charge is 0.142 e. The van der Waals surface area contributed by atoms with Crippen LogP contribution < -0.4 is 10.5 Å². The molecule has 0 aliphatic rings. The second-order valence-electron chi connectivity index (χ2n) is 2.70. The Kier molecular flexibility index (Phi) is 3.46. The van der Waals surface area contributed by atoms with Gasteiger partial charge < -0.3 is 10.5 Å². The van der Waals surface area contributed by atoms with E-state index in [1.807, 2.05) is 19.1 Å². The van der Waals surface area contributed by atoms with Crippen molar-refractivity contribution >= 4 is 0 Å². The van der Waals surface area contributed by atoms with Gasteiger partial charge >= 0.3 is 0 Å². The van der Waals surface area contributed by atoms with Crippen LogP contribution in [0.25, 0.3) is 0 Å². The number of aromatic nitrogens is 1. The van der Waals surface area contributed by atoms with Crippen LogP contribution in [0.2, 0.25) is 0 Å². The van der Waals surface area contributed by atoms with Crippen molar-refractivity contribution in [2.24, 2.45) is 5.73 Å². The Morgan fingerprint density at radius 3 is 3.00 bits per heavy atom. The lowest BCUT2D eigenvalue weighted by molar-refractivity contribution is 0.357. The molecule has 2 N–H and O–H groups in total. The Morgan fingerprint density at radius 1 is 1.62 bits per heavy atom. The number of rotatable bonds is 4. The van der Waals surface area contributed by atoms with Crippen LogP contribution in [0.15, 0.2) is 24.8 Å². The van der Waals surface area contributed by atoms with E-state index in [4.69, 9.17) is 10.5 Å². The van der Waals surface area contributed by atoms with Gasteiger partial charge in [-0.1, -0.05) is 12.7 Å². The molecule has 0 bridgehead atoms. The first-order chi connectivity index (χ1) is 6.27. The van der Waals surface area contributed by atoms with Gasteiger partial charge in [-0.3, -0.25) is 4.98 Å². The van der Waals surface area contributed by atoms with Crippen molar-refractivity contribution in [3.8, 4) is 5.75 Å². The molecular weight excluding hydrogens is 164 g/mol. The van der Waals surface area contributed by atoms with Gasteiger partial charge in [-0.2, -0.15) is 0 Å². The molecule has 0 radical (unpaired) electrons. The highest BCUT2D eigenvalue weighted by molar-refractivity contribution is 5.29. The highest BCUT2D eigenvalue weighted by Crippen LogP contribution is 2.15. The van der Waals surface area contributed by atoms with Gasteiger partial charge in [0.2, 0.25) is 0 Å². The van der Waals surface area contributed by atoms with Crippen LogP contribution >= 0.6 is 0 Å². The summed E-state index contributed by atoms with van der Waals surface area (Å²) in [6, 6.07) is 3.78. The Morgan fingerprint density at radius 2 is 2.38 bits per heavy atom. The predicted molar refractivity (Wildman–Crippen MR) is 52.6 cm³/mol. The molecule has 0 spiro atoms. The third kappa shape index (κ3) is 2.56. The molecule has 0 aromatic carbocycles. The molecule has 3 nitrogen and oxygen atoms in total. The molecule has 0 unspecified atom stereocenters. The monoisotopic (exact) mass is 178 g/mol. The third-order valence-electron chi connectivity index (χ3n) is 1.62. The van der Waals surface area contributed by atoms with Gasteiger partial charge in [0.1, 0.15) is 12.4 Å². The Bertz CT molecular complexity index is 297. The Balaban J connectivity index is 2.85. The minimum Gasteiger partial charge on any atom is -0.488 e. The topological polar surface area (TPSA) is 48.1 Å². The molecule has 70 valence electrons. The van der Waals surface area contributed by atoms with Crippen LogP contribution in [0.1, 0.15) is 11.4 Å². The largest absolute Gasteiger partial charge is 0.488 e. The van der Waals surface area contributed by atoms with E-state index in [1.165, 1.54) is 0 Å². The molecule has 0 atom stereocenters. The summed E-state index contributed by atoms with van der Waals surface area (Å²) >= 11 is 0. The predicted octanol–water partition coefficient (Wildman–Crippen LogP) is 1.41. The quantitative estimate of drug-likeness (QED) is 0.709. The summed E-state index contributed by atoms with van der Waals surface area (Å²) in [6.45, 7) is 6.38. The number of aryl methyl sites for hydroxylation is 1. The van der Waals surface area contributed by atoms with E-state index in [0.717, 1.165) is 17.1 Å². The standard InChI is InChI=1S/C10H14N2O/c1-3-6-13-10-5-4-8(2)12-9(10)7-11/h3-5H,1,6-7,11H2,2H3. The third-order valence-corrected chi connectivity index (χ3v) is 1.62. The molecule has 1 heterocycles. The van der Waals surface area contributed by atoms with E-state index in [2.05, 4.69) is 11.6 Å². The van der Waals surface area contributed by atoms with Crippen LogP contribution in [0.3, 0.4) is 0 Å². The van der Waals surface area contributed by atoms with Gasteiger partial charge in [0.15, 0.2) is 0 Å². The van der Waals surface area contributed by atoms with Crippen molar-refractivity contribution in [2.75, 3.05) is 6.61 Å². The van der Waals surface area contributed by atoms with Crippen molar-refractivity contribution in [2.45, 2.75) is 13.5 Å². The fourth-order valence-electron chi connectivity index (χ4n) is 1.02. The van der Waals surface area contributed by atoms with Gasteiger partial charge in [-0.05, 0) is 19.1 Å². The van der Waals surface area contributed by atoms with Crippen LogP contribution in [0.4, 0.5) is 0 Å². The fraction of sp³-hybridized carbons (Fsp3) is 0.300. The second-order valence-corrected chi connectivity index (χ2v) is 2.70. The summed E-state index contributed by atoms with van der Waals surface area (Å²) in [6.07, 6.45) is 1.69. The van der Waals surface area contributed by atoms with Crippen molar-refractivity contribution in [1.82, 2.24) is 4.98 Å². The van der Waals surface area contributed by atoms with Crippen molar-refractivity contribution < 1.29 is 4.74 Å². The number of nitrogens with two attached hydrogens (primary N) is 1. The molecule has 0 saturated carbocycles. The Hall–Kier alpha value is -1.35. The lowest BCUT2D eigenvalue weighted by Gasteiger charge is -2.07. The molecule has 1 aromatic heterocycles. The minimum atomic E-state index is 0.397. The van der Waals surface area contributed by atoms with Crippen molar-refractivity contribution in [3.05, 3.63) is 36.2 Å². The molecule has 13 heavy (non-hydrogen) atoms. The van der Waals surface area contributed by atoms with Crippen LogP contribution in [0.5, 0.6) is 5.75 Å². The fourth-order valence-corrected chi connectivity index (χ4v) is 1.02. The molecule has 1 aromatic rings. The van der Waals surface area contributed by atoms with Crippen LogP contribution in [-0.4, -0.2) is 11.6 Å². The number of pyridine rings is 1. The first-order valence-electron chi connectivity index (χ1n) is 4.18. The van der Waals surface area contributed by atoms with E-state index < -0.39 is 0 Å². The lowest BCUT2D eigenvalue weighted by atomic mass is 10.3. The molecule has 0 aliphatic heterocycles. The van der Waals surface area contributed by atoms with E-state index >= 15 is 0 Å². The van der Waals surface area contributed by atoms with Gasteiger partial charge in [0, 0.05) is 12.2 Å². The normalized spacial score (nSPS) is 9.69. The molecule has 1 rings (SSSR count). The average Bonchev–Trinajstić information content (AvgIpc) is 2.16. The summed E-state index contributed by atoms with van der Waals surface area (Å²) in [7, 11) is 0. The molecule has 0 aliphatic carbocycles. The van der Waals surface area contributed by atoms with E-state index in [-0.39, 0.29) is 0 Å². The highest BCUT2D eigenvalue weighted by Gasteiger charge is 2.02. The molecular formula is C10H14N2O. The highest BCUT2D eigenvalue weighted by atomic mass is 16.5. The van der Waals surface area contributed by atoms with Crippen LogP contribution in [-0.2, 0) is 6.54 Å². The second kappa shape index (κ2) is 4.62. The van der Waals surface area contributed by atoms with E-state index in [0.29, 0.717) is 13.2 Å². The van der Waals surface area contributed by atoms with E-state index in [9.17, 15) is 0 Å². The number of hydrogen-bond donors (Lipinski definition) is 1. The first kappa shape index (κ1) is 9.74. The SMILES string of the molecule is C=CCOc1ccc(C)nc1CN. The summed E-state index contributed by atoms with van der Waals surface area (Å²) < 4.78 is 5.37. The average molecular weight is 178 g/mol. The van der Waals surface area contributed by atoms with Crippen molar-refractivity contribution in [1.29, 1.82) is 0 Å². The summed E-state index contributed by atoms with van der Waals surface area (Å²) in [5.74, 6) is 0.744. The number of ether oxygens (including phenoxy) is 1. The zero-order valence-corrected chi connectivity index (χ0v) is 7.79. The number of nitrogens with zero attached hydrogens (tertiary/aromatic N) is 1. The van der Waals surface area contributed by atoms with Gasteiger partial charge in [0.25, 0.3) is 0 Å². The molecule has 3 heteroatoms. The van der Waals surface area contributed by atoms with Gasteiger partial charge in [-0.15, -0.1) is 0 Å². The summed E-state index contributed by atoms with van der Waals surface area (Å²) in [5, 5.41) is 0. The molecule has 0 amide bonds. The maximum Gasteiger partial charge on any atom is 0.142 e. The molecule has 0 saturated heterocycles. The maximum absolute atomic E-state index is 5.52. The molecule has 0 fully saturated rings. The number of hydrogen-bond acceptors (Lipinski definition) is 3. The van der Waals surface area contributed by atoms with E-state index in [1.54, 1.807) is 6.08 Å². The zero-order chi connectivity index (χ0) is 9.68.